The van der Waals surface area contributed by atoms with Crippen molar-refractivity contribution >= 4 is 59.2 Å². The van der Waals surface area contributed by atoms with Crippen LogP contribution in [0.5, 0.6) is 0 Å². The zero-order valence-corrected chi connectivity index (χ0v) is 37.6. The Hall–Kier alpha value is -1.53. The molecule has 0 saturated carbocycles. The number of carbonyl (C=O) groups excluding carboxylic acids is 3. The molecule has 2 atom stereocenters. The number of carbonyl (C=O) groups is 5. The zero-order chi connectivity index (χ0) is 43.5. The van der Waals surface area contributed by atoms with Crippen LogP contribution in [-0.4, -0.2) is 93.0 Å². The number of nitrogens with zero attached hydrogens (tertiary/aromatic N) is 1. The molecule has 2 unspecified atom stereocenters. The number of aliphatic carboxylic acids is 2. The summed E-state index contributed by atoms with van der Waals surface area (Å²) in [6.07, 6.45) is 38.8. The van der Waals surface area contributed by atoms with Gasteiger partial charge in [-0.25, -0.2) is 4.79 Å². The topological polar surface area (TPSA) is 207 Å². The summed E-state index contributed by atoms with van der Waals surface area (Å²) in [5, 5.41) is 18.2. The van der Waals surface area contributed by atoms with E-state index < -0.39 is 41.7 Å². The van der Waals surface area contributed by atoms with Crippen LogP contribution in [0.1, 0.15) is 251 Å². The molecule has 344 valence electrons. The number of carboxylic acid groups (broad SMARTS) is 2. The summed E-state index contributed by atoms with van der Waals surface area (Å²) in [5.74, 6) is -3.70. The van der Waals surface area contributed by atoms with Crippen molar-refractivity contribution in [3.8, 4) is 0 Å². The van der Waals surface area contributed by atoms with E-state index in [0.29, 0.717) is 25.8 Å². The number of hydrogen-bond acceptors (Lipinski definition) is 7. The predicted octanol–water partition coefficient (Wildman–Crippen LogP) is 10.5. The molecule has 0 aromatic rings. The van der Waals surface area contributed by atoms with Crippen molar-refractivity contribution in [1.29, 1.82) is 0 Å². The molecule has 12 heteroatoms. The predicted molar refractivity (Wildman–Crippen MR) is 246 cm³/mol. The fourth-order valence-corrected chi connectivity index (χ4v) is 7.30. The average molecular weight is 849 g/mol. The maximum atomic E-state index is 13.2. The molecule has 8 N–H and O–H groups in total. The summed E-state index contributed by atoms with van der Waals surface area (Å²) in [6, 6.07) is -2.06. The Balaban J connectivity index is -0.00000250. The Bertz CT molecular complexity index is 957. The van der Waals surface area contributed by atoms with E-state index in [4.69, 9.17) is 22.3 Å². The van der Waals surface area contributed by atoms with E-state index in [0.717, 1.165) is 56.3 Å². The van der Waals surface area contributed by atoms with Gasteiger partial charge in [0.2, 0.25) is 17.7 Å². The van der Waals surface area contributed by atoms with Gasteiger partial charge in [-0.2, -0.15) is 0 Å². The number of rotatable bonds is 42. The molecule has 59 heavy (non-hydrogen) atoms. The van der Waals surface area contributed by atoms with Crippen LogP contribution in [-0.2, 0) is 24.0 Å². The Morgan fingerprint density at radius 1 is 0.441 bits per heavy atom. The Kier molecular flexibility index (Phi) is 49.7. The second-order valence-electron chi connectivity index (χ2n) is 16.6. The van der Waals surface area contributed by atoms with E-state index >= 15 is 0 Å². The fraction of sp³-hybridized carbons (Fsp3) is 0.894. The number of carboxylic acids is 2. The van der Waals surface area contributed by atoms with Crippen LogP contribution in [0.4, 0.5) is 0 Å². The first kappa shape index (κ1) is 61.8. The van der Waals surface area contributed by atoms with Crippen LogP contribution in [0, 0.1) is 0 Å². The van der Waals surface area contributed by atoms with Crippen LogP contribution in [0.15, 0.2) is 0 Å². The molecule has 0 fully saturated rings. The molecule has 0 heterocycles. The van der Waals surface area contributed by atoms with Crippen LogP contribution < -0.4 is 17.2 Å². The summed E-state index contributed by atoms with van der Waals surface area (Å²) in [4.78, 5) is 60.9. The first-order valence-corrected chi connectivity index (χ1v) is 24.1. The van der Waals surface area contributed by atoms with Crippen LogP contribution in [0.3, 0.4) is 0 Å². The molecule has 0 aromatic heterocycles. The monoisotopic (exact) mass is 849 g/mol. The molecule has 0 aliphatic heterocycles. The summed E-state index contributed by atoms with van der Waals surface area (Å²) < 4.78 is 0. The SMILES string of the molecule is CCCCCCCCCCCCCCCCCC(=O)N(C(=O)CCCCCCCCCCCCCCCCC)C(CCC(N)=O)C(=O)O.NCCCCC(N)C(=O)O.[NaH]. The maximum absolute atomic E-state index is 13.2. The van der Waals surface area contributed by atoms with Crippen molar-refractivity contribution in [2.24, 2.45) is 17.2 Å². The second kappa shape index (κ2) is 47.5. The third kappa shape index (κ3) is 42.9. The number of imide groups is 1. The van der Waals surface area contributed by atoms with E-state index in [1.165, 1.54) is 141 Å². The number of hydrogen-bond donors (Lipinski definition) is 5. The molecule has 0 rings (SSSR count). The van der Waals surface area contributed by atoms with Gasteiger partial charge in [-0.05, 0) is 38.6 Å². The van der Waals surface area contributed by atoms with Gasteiger partial charge in [0, 0.05) is 19.3 Å². The average Bonchev–Trinajstić information content (AvgIpc) is 3.19. The molecule has 0 aromatic carbocycles. The Labute approximate surface area is 383 Å². The third-order valence-electron chi connectivity index (χ3n) is 11.1. The van der Waals surface area contributed by atoms with E-state index in [2.05, 4.69) is 13.8 Å². The van der Waals surface area contributed by atoms with E-state index in [-0.39, 0.29) is 55.2 Å². The number of primary amides is 1. The van der Waals surface area contributed by atoms with Crippen molar-refractivity contribution in [3.05, 3.63) is 0 Å². The molecule has 0 spiro atoms. The van der Waals surface area contributed by atoms with Gasteiger partial charge >= 0.3 is 41.5 Å². The summed E-state index contributed by atoms with van der Waals surface area (Å²) in [5.41, 5.74) is 15.7. The van der Waals surface area contributed by atoms with Crippen LogP contribution in [0.2, 0.25) is 0 Å². The number of nitrogens with two attached hydrogens (primary N) is 3. The minimum atomic E-state index is -1.34. The molecule has 0 bridgehead atoms. The van der Waals surface area contributed by atoms with Crippen molar-refractivity contribution in [2.45, 2.75) is 264 Å². The molecule has 0 aliphatic rings. The second-order valence-corrected chi connectivity index (χ2v) is 16.6. The van der Waals surface area contributed by atoms with Gasteiger partial charge in [0.25, 0.3) is 0 Å². The minimum absolute atomic E-state index is 0. The quantitative estimate of drug-likeness (QED) is 0.0292. The molecule has 3 amide bonds. The third-order valence-corrected chi connectivity index (χ3v) is 11.1. The Morgan fingerprint density at radius 2 is 0.746 bits per heavy atom. The fourth-order valence-electron chi connectivity index (χ4n) is 7.30. The van der Waals surface area contributed by atoms with E-state index in [1.807, 2.05) is 0 Å². The van der Waals surface area contributed by atoms with Gasteiger partial charge in [0.05, 0.1) is 0 Å². The van der Waals surface area contributed by atoms with E-state index in [1.54, 1.807) is 0 Å². The summed E-state index contributed by atoms with van der Waals surface area (Å²) in [7, 11) is 0. The number of unbranched alkanes of at least 4 members (excludes halogenated alkanes) is 29. The van der Waals surface area contributed by atoms with Crippen molar-refractivity contribution in [2.75, 3.05) is 6.54 Å². The van der Waals surface area contributed by atoms with Crippen molar-refractivity contribution in [1.82, 2.24) is 4.90 Å². The zero-order valence-electron chi connectivity index (χ0n) is 37.6. The van der Waals surface area contributed by atoms with Crippen LogP contribution >= 0.6 is 0 Å². The molecule has 0 saturated heterocycles. The van der Waals surface area contributed by atoms with Gasteiger partial charge < -0.3 is 27.4 Å². The van der Waals surface area contributed by atoms with Gasteiger partial charge in [-0.1, -0.05) is 200 Å². The number of amides is 3. The first-order chi connectivity index (χ1) is 28.0. The molecule has 0 radical (unpaired) electrons. The van der Waals surface area contributed by atoms with E-state index in [9.17, 15) is 29.1 Å². The summed E-state index contributed by atoms with van der Waals surface area (Å²) in [6.45, 7) is 5.11. The first-order valence-electron chi connectivity index (χ1n) is 24.1. The Morgan fingerprint density at radius 3 is 1.00 bits per heavy atom. The van der Waals surface area contributed by atoms with Gasteiger partial charge in [0.15, 0.2) is 0 Å². The van der Waals surface area contributed by atoms with Crippen molar-refractivity contribution in [3.63, 3.8) is 0 Å². The van der Waals surface area contributed by atoms with Gasteiger partial charge in [-0.15, -0.1) is 0 Å². The van der Waals surface area contributed by atoms with Gasteiger partial charge in [-0.3, -0.25) is 24.1 Å². The molecule has 0 aliphatic carbocycles. The van der Waals surface area contributed by atoms with Crippen molar-refractivity contribution < 1.29 is 34.2 Å². The molecular weight excluding hydrogens is 756 g/mol. The van der Waals surface area contributed by atoms with Gasteiger partial charge in [0.1, 0.15) is 12.1 Å². The standard InChI is InChI=1S/C41H78N2O5.C6H14N2O2.Na.H/c1-3-5-7-9-11-13-15-17-19-21-23-25-27-29-31-33-39(45)43(37(41(47)48)35-36-38(42)44)40(46)34-32-30-28-26-24-22-20-18-16-14-12-10-8-6-4-2;7-4-2-1-3-5(8)6(9)10;;/h37H,3-36H2,1-2H3,(H2,42,44)(H,47,48);5H,1-4,7-8H2,(H,9,10);;. The summed E-state index contributed by atoms with van der Waals surface area (Å²) >= 11 is 0. The molecular formula is C47H93N4NaO7. The molecule has 11 nitrogen and oxygen atoms in total. The van der Waals surface area contributed by atoms with Crippen LogP contribution in [0.25, 0.3) is 0 Å². The normalized spacial score (nSPS) is 11.9.